The Morgan fingerprint density at radius 3 is 1.93 bits per heavy atom. The standard InChI is InChI=1S/C13H12BrN/c14-12-8-6-11(7-9-12)13(15)10-4-2-1-3-5-10/h1-9,13H,15H2/p+1/t13-/m0/s1. The Morgan fingerprint density at radius 2 is 1.33 bits per heavy atom. The Bertz CT molecular complexity index is 422. The van der Waals surface area contributed by atoms with Gasteiger partial charge in [-0.1, -0.05) is 58.4 Å². The Hall–Kier alpha value is -1.12. The van der Waals surface area contributed by atoms with Gasteiger partial charge in [-0.15, -0.1) is 0 Å². The van der Waals surface area contributed by atoms with Crippen LogP contribution in [0.1, 0.15) is 17.2 Å². The third kappa shape index (κ3) is 2.46. The molecule has 15 heavy (non-hydrogen) atoms. The van der Waals surface area contributed by atoms with Crippen molar-refractivity contribution in [3.8, 4) is 0 Å². The van der Waals surface area contributed by atoms with Gasteiger partial charge in [-0.05, 0) is 12.1 Å². The van der Waals surface area contributed by atoms with Crippen molar-refractivity contribution in [1.82, 2.24) is 0 Å². The smallest absolute Gasteiger partial charge is 0.136 e. The van der Waals surface area contributed by atoms with Crippen molar-refractivity contribution in [3.63, 3.8) is 0 Å². The first-order valence-corrected chi connectivity index (χ1v) is 5.70. The van der Waals surface area contributed by atoms with Gasteiger partial charge in [0.1, 0.15) is 6.04 Å². The molecule has 0 aromatic heterocycles. The van der Waals surface area contributed by atoms with Gasteiger partial charge in [0.25, 0.3) is 0 Å². The highest BCUT2D eigenvalue weighted by Gasteiger charge is 2.10. The van der Waals surface area contributed by atoms with E-state index in [4.69, 9.17) is 0 Å². The lowest BCUT2D eigenvalue weighted by Crippen LogP contribution is -2.53. The lowest BCUT2D eigenvalue weighted by atomic mass is 10.00. The fraction of sp³-hybridized carbons (Fsp3) is 0.0769. The van der Waals surface area contributed by atoms with Crippen LogP contribution >= 0.6 is 15.9 Å². The van der Waals surface area contributed by atoms with E-state index in [2.05, 4.69) is 58.1 Å². The van der Waals surface area contributed by atoms with E-state index in [0.717, 1.165) is 4.47 Å². The van der Waals surface area contributed by atoms with Crippen molar-refractivity contribution in [2.75, 3.05) is 0 Å². The third-order valence-corrected chi connectivity index (χ3v) is 3.00. The van der Waals surface area contributed by atoms with Crippen LogP contribution in [0.2, 0.25) is 0 Å². The second kappa shape index (κ2) is 4.60. The molecule has 2 heteroatoms. The number of hydrogen-bond acceptors (Lipinski definition) is 0. The van der Waals surface area contributed by atoms with Gasteiger partial charge in [0.05, 0.1) is 0 Å². The number of hydrogen-bond donors (Lipinski definition) is 1. The first kappa shape index (κ1) is 10.4. The molecule has 76 valence electrons. The van der Waals surface area contributed by atoms with Crippen molar-refractivity contribution < 1.29 is 5.73 Å². The molecular weight excluding hydrogens is 250 g/mol. The molecule has 0 saturated carbocycles. The molecule has 3 N–H and O–H groups in total. The molecule has 0 heterocycles. The molecule has 0 unspecified atom stereocenters. The first-order valence-electron chi connectivity index (χ1n) is 4.91. The summed E-state index contributed by atoms with van der Waals surface area (Å²) in [6, 6.07) is 18.9. The zero-order valence-electron chi connectivity index (χ0n) is 8.36. The van der Waals surface area contributed by atoms with Crippen molar-refractivity contribution in [2.24, 2.45) is 0 Å². The van der Waals surface area contributed by atoms with E-state index in [1.807, 2.05) is 18.2 Å². The van der Waals surface area contributed by atoms with Crippen LogP contribution in [0.5, 0.6) is 0 Å². The van der Waals surface area contributed by atoms with Crippen LogP contribution < -0.4 is 5.73 Å². The van der Waals surface area contributed by atoms with E-state index in [1.165, 1.54) is 11.1 Å². The summed E-state index contributed by atoms with van der Waals surface area (Å²) in [4.78, 5) is 0. The minimum atomic E-state index is 0.208. The van der Waals surface area contributed by atoms with E-state index in [1.54, 1.807) is 0 Å². The Labute approximate surface area is 98.1 Å². The molecule has 2 aromatic rings. The quantitative estimate of drug-likeness (QED) is 0.862. The van der Waals surface area contributed by atoms with Crippen LogP contribution in [0.15, 0.2) is 59.1 Å². The minimum Gasteiger partial charge on any atom is -0.348 e. The van der Waals surface area contributed by atoms with E-state index in [0.29, 0.717) is 0 Å². The molecule has 0 bridgehead atoms. The predicted molar refractivity (Wildman–Crippen MR) is 65.3 cm³/mol. The van der Waals surface area contributed by atoms with Gasteiger partial charge in [0.2, 0.25) is 0 Å². The van der Waals surface area contributed by atoms with Gasteiger partial charge in [-0.25, -0.2) is 0 Å². The normalized spacial score (nSPS) is 12.4. The zero-order valence-corrected chi connectivity index (χ0v) is 9.94. The van der Waals surface area contributed by atoms with Gasteiger partial charge in [0, 0.05) is 15.6 Å². The minimum absolute atomic E-state index is 0.208. The molecule has 2 aromatic carbocycles. The molecule has 0 spiro atoms. The molecule has 0 saturated heterocycles. The second-order valence-electron chi connectivity index (χ2n) is 3.51. The van der Waals surface area contributed by atoms with Gasteiger partial charge < -0.3 is 5.73 Å². The maximum atomic E-state index is 4.19. The van der Waals surface area contributed by atoms with Crippen molar-refractivity contribution >= 4 is 15.9 Å². The number of rotatable bonds is 2. The average molecular weight is 263 g/mol. The third-order valence-electron chi connectivity index (χ3n) is 2.47. The molecular formula is C13H13BrN+. The molecule has 0 aliphatic heterocycles. The van der Waals surface area contributed by atoms with Crippen LogP contribution in [0.3, 0.4) is 0 Å². The molecule has 2 rings (SSSR count). The first-order chi connectivity index (χ1) is 7.27. The summed E-state index contributed by atoms with van der Waals surface area (Å²) in [6.07, 6.45) is 0. The Balaban J connectivity index is 2.29. The summed E-state index contributed by atoms with van der Waals surface area (Å²) < 4.78 is 1.10. The van der Waals surface area contributed by atoms with Crippen LogP contribution in [0.4, 0.5) is 0 Å². The lowest BCUT2D eigenvalue weighted by Gasteiger charge is -2.08. The molecule has 1 nitrogen and oxygen atoms in total. The maximum Gasteiger partial charge on any atom is 0.136 e. The zero-order chi connectivity index (χ0) is 10.7. The van der Waals surface area contributed by atoms with E-state index < -0.39 is 0 Å². The van der Waals surface area contributed by atoms with Crippen LogP contribution in [-0.2, 0) is 0 Å². The van der Waals surface area contributed by atoms with Crippen molar-refractivity contribution in [3.05, 3.63) is 70.2 Å². The number of halogens is 1. The van der Waals surface area contributed by atoms with Crippen molar-refractivity contribution in [1.29, 1.82) is 0 Å². The molecule has 0 amide bonds. The highest BCUT2D eigenvalue weighted by atomic mass is 79.9. The van der Waals surface area contributed by atoms with Gasteiger partial charge in [-0.3, -0.25) is 0 Å². The molecule has 0 aliphatic rings. The summed E-state index contributed by atoms with van der Waals surface area (Å²) in [5.41, 5.74) is 6.68. The monoisotopic (exact) mass is 262 g/mol. The van der Waals surface area contributed by atoms with Crippen LogP contribution in [0.25, 0.3) is 0 Å². The van der Waals surface area contributed by atoms with E-state index in [9.17, 15) is 0 Å². The predicted octanol–water partition coefficient (Wildman–Crippen LogP) is 2.78. The maximum absolute atomic E-state index is 4.19. The van der Waals surface area contributed by atoms with Gasteiger partial charge >= 0.3 is 0 Å². The summed E-state index contributed by atoms with van der Waals surface area (Å²) >= 11 is 3.43. The van der Waals surface area contributed by atoms with E-state index in [-0.39, 0.29) is 6.04 Å². The van der Waals surface area contributed by atoms with Crippen LogP contribution in [-0.4, -0.2) is 0 Å². The summed E-state index contributed by atoms with van der Waals surface area (Å²) in [5, 5.41) is 0. The van der Waals surface area contributed by atoms with Crippen molar-refractivity contribution in [2.45, 2.75) is 6.04 Å². The largest absolute Gasteiger partial charge is 0.348 e. The topological polar surface area (TPSA) is 27.6 Å². The van der Waals surface area contributed by atoms with E-state index >= 15 is 0 Å². The average Bonchev–Trinajstić information content (AvgIpc) is 2.30. The molecule has 0 radical (unpaired) electrons. The Kier molecular flexibility index (Phi) is 3.19. The lowest BCUT2D eigenvalue weighted by molar-refractivity contribution is -0.411. The Morgan fingerprint density at radius 1 is 0.800 bits per heavy atom. The molecule has 1 atom stereocenters. The summed E-state index contributed by atoms with van der Waals surface area (Å²) in [5.74, 6) is 0. The molecule has 0 aliphatic carbocycles. The fourth-order valence-electron chi connectivity index (χ4n) is 1.57. The fourth-order valence-corrected chi connectivity index (χ4v) is 1.84. The number of quaternary nitrogens is 1. The summed E-state index contributed by atoms with van der Waals surface area (Å²) in [7, 11) is 0. The van der Waals surface area contributed by atoms with Gasteiger partial charge in [-0.2, -0.15) is 0 Å². The summed E-state index contributed by atoms with van der Waals surface area (Å²) in [6.45, 7) is 0. The molecule has 0 fully saturated rings. The second-order valence-corrected chi connectivity index (χ2v) is 4.43. The SMILES string of the molecule is [NH3+][C@@H](c1ccccc1)c1ccc(Br)cc1. The highest BCUT2D eigenvalue weighted by molar-refractivity contribution is 9.10. The number of benzene rings is 2. The van der Waals surface area contributed by atoms with Crippen LogP contribution in [0, 0.1) is 0 Å². The van der Waals surface area contributed by atoms with Gasteiger partial charge in [0.15, 0.2) is 0 Å². The highest BCUT2D eigenvalue weighted by Crippen LogP contribution is 2.19.